The van der Waals surface area contributed by atoms with Gasteiger partial charge in [0, 0.05) is 5.69 Å². The van der Waals surface area contributed by atoms with Crippen LogP contribution in [0.15, 0.2) is 36.4 Å². The SMILES string of the molecule is O=C1N[C@H](c2cc3c(cc2[N+](=O)[O-])OCO3)Nc2ccccc21. The number of nitro groups is 1. The van der Waals surface area contributed by atoms with Gasteiger partial charge < -0.3 is 20.1 Å². The standard InChI is InChI=1S/C15H11N3O5/c19-15-8-3-1-2-4-10(8)16-14(17-15)9-5-12-13(23-7-22-12)6-11(9)18(20)21/h1-6,14,16H,7H2,(H,17,19)/t14-/m1/s1. The van der Waals surface area contributed by atoms with Gasteiger partial charge in [0.25, 0.3) is 11.6 Å². The third kappa shape index (κ3) is 2.11. The average molecular weight is 313 g/mol. The van der Waals surface area contributed by atoms with Crippen molar-refractivity contribution < 1.29 is 19.2 Å². The largest absolute Gasteiger partial charge is 0.454 e. The lowest BCUT2D eigenvalue weighted by Crippen LogP contribution is -2.38. The fraction of sp³-hybridized carbons (Fsp3) is 0.133. The number of carbonyl (C=O) groups is 1. The highest BCUT2D eigenvalue weighted by Gasteiger charge is 2.32. The number of hydrogen-bond donors (Lipinski definition) is 2. The molecule has 0 saturated heterocycles. The fourth-order valence-electron chi connectivity index (χ4n) is 2.70. The summed E-state index contributed by atoms with van der Waals surface area (Å²) in [4.78, 5) is 23.1. The lowest BCUT2D eigenvalue weighted by molar-refractivity contribution is -0.385. The zero-order valence-corrected chi connectivity index (χ0v) is 11.7. The van der Waals surface area contributed by atoms with Crippen molar-refractivity contribution in [2.24, 2.45) is 0 Å². The number of rotatable bonds is 2. The van der Waals surface area contributed by atoms with E-state index in [4.69, 9.17) is 9.47 Å². The minimum Gasteiger partial charge on any atom is -0.454 e. The van der Waals surface area contributed by atoms with Crippen LogP contribution in [0, 0.1) is 10.1 Å². The van der Waals surface area contributed by atoms with E-state index in [9.17, 15) is 14.9 Å². The molecule has 2 heterocycles. The van der Waals surface area contributed by atoms with Crippen LogP contribution in [-0.2, 0) is 0 Å². The van der Waals surface area contributed by atoms with Gasteiger partial charge in [0.2, 0.25) is 6.79 Å². The molecule has 8 heteroatoms. The summed E-state index contributed by atoms with van der Waals surface area (Å²) in [6, 6.07) is 9.80. The second-order valence-electron chi connectivity index (χ2n) is 5.12. The number of anilines is 1. The molecular weight excluding hydrogens is 302 g/mol. The second kappa shape index (κ2) is 4.87. The highest BCUT2D eigenvalue weighted by Crippen LogP contribution is 2.41. The number of nitro benzene ring substituents is 1. The number of ether oxygens (including phenoxy) is 2. The number of nitrogens with one attached hydrogen (secondary N) is 2. The Morgan fingerprint density at radius 1 is 1.13 bits per heavy atom. The molecule has 0 bridgehead atoms. The first kappa shape index (κ1) is 13.4. The Hall–Kier alpha value is -3.29. The molecule has 2 aliphatic heterocycles. The van der Waals surface area contributed by atoms with Gasteiger partial charge in [-0.3, -0.25) is 14.9 Å². The molecule has 0 aliphatic carbocycles. The topological polar surface area (TPSA) is 103 Å². The van der Waals surface area contributed by atoms with Crippen molar-refractivity contribution in [3.8, 4) is 11.5 Å². The molecular formula is C15H11N3O5. The maximum atomic E-state index is 12.2. The molecule has 0 unspecified atom stereocenters. The van der Waals surface area contributed by atoms with E-state index in [1.807, 2.05) is 0 Å². The van der Waals surface area contributed by atoms with E-state index in [0.717, 1.165) is 0 Å². The Balaban J connectivity index is 1.80. The number of hydrogen-bond acceptors (Lipinski definition) is 6. The van der Waals surface area contributed by atoms with Crippen LogP contribution >= 0.6 is 0 Å². The molecule has 0 aromatic heterocycles. The Morgan fingerprint density at radius 2 is 1.87 bits per heavy atom. The molecule has 8 nitrogen and oxygen atoms in total. The first-order valence-electron chi connectivity index (χ1n) is 6.88. The minimum absolute atomic E-state index is 0.0171. The summed E-state index contributed by atoms with van der Waals surface area (Å²) < 4.78 is 10.5. The van der Waals surface area contributed by atoms with Crippen LogP contribution in [0.3, 0.4) is 0 Å². The van der Waals surface area contributed by atoms with Crippen LogP contribution in [0.2, 0.25) is 0 Å². The lowest BCUT2D eigenvalue weighted by atomic mass is 10.0. The van der Waals surface area contributed by atoms with Crippen molar-refractivity contribution in [3.05, 3.63) is 57.6 Å². The molecule has 2 aliphatic rings. The van der Waals surface area contributed by atoms with Crippen LogP contribution in [-0.4, -0.2) is 17.6 Å². The zero-order chi connectivity index (χ0) is 16.0. The fourth-order valence-corrected chi connectivity index (χ4v) is 2.70. The molecule has 116 valence electrons. The van der Waals surface area contributed by atoms with Gasteiger partial charge in [0.05, 0.1) is 22.1 Å². The normalized spacial score (nSPS) is 17.9. The Labute approximate surface area is 130 Å². The number of amides is 1. The summed E-state index contributed by atoms with van der Waals surface area (Å²) in [6.45, 7) is 0.0171. The quantitative estimate of drug-likeness (QED) is 0.650. The number of benzene rings is 2. The zero-order valence-electron chi connectivity index (χ0n) is 11.7. The van der Waals surface area contributed by atoms with E-state index in [0.29, 0.717) is 28.3 Å². The lowest BCUT2D eigenvalue weighted by Gasteiger charge is -2.27. The minimum atomic E-state index is -0.729. The van der Waals surface area contributed by atoms with E-state index in [-0.39, 0.29) is 18.4 Å². The summed E-state index contributed by atoms with van der Waals surface area (Å²) in [5, 5.41) is 17.2. The summed E-state index contributed by atoms with van der Waals surface area (Å²) >= 11 is 0. The van der Waals surface area contributed by atoms with Crippen LogP contribution in [0.4, 0.5) is 11.4 Å². The average Bonchev–Trinajstić information content (AvgIpc) is 3.01. The second-order valence-corrected chi connectivity index (χ2v) is 5.12. The highest BCUT2D eigenvalue weighted by molar-refractivity contribution is 6.01. The van der Waals surface area contributed by atoms with Crippen molar-refractivity contribution in [2.75, 3.05) is 12.1 Å². The Morgan fingerprint density at radius 3 is 2.65 bits per heavy atom. The number of carbonyl (C=O) groups excluding carboxylic acids is 1. The van der Waals surface area contributed by atoms with Crippen LogP contribution in [0.5, 0.6) is 11.5 Å². The molecule has 2 N–H and O–H groups in total. The van der Waals surface area contributed by atoms with Crippen LogP contribution in [0.25, 0.3) is 0 Å². The van der Waals surface area contributed by atoms with Crippen molar-refractivity contribution in [3.63, 3.8) is 0 Å². The molecule has 2 aromatic rings. The first-order chi connectivity index (χ1) is 11.1. The number of nitrogens with zero attached hydrogens (tertiary/aromatic N) is 1. The summed E-state index contributed by atoms with van der Waals surface area (Å²) in [7, 11) is 0. The van der Waals surface area contributed by atoms with E-state index in [2.05, 4.69) is 10.6 Å². The molecule has 0 saturated carbocycles. The highest BCUT2D eigenvalue weighted by atomic mass is 16.7. The maximum absolute atomic E-state index is 12.2. The molecule has 1 atom stereocenters. The molecule has 0 spiro atoms. The summed E-state index contributed by atoms with van der Waals surface area (Å²) in [5.74, 6) is 0.444. The number of fused-ring (bicyclic) bond motifs is 2. The van der Waals surface area contributed by atoms with Gasteiger partial charge >= 0.3 is 0 Å². The summed E-state index contributed by atoms with van der Waals surface area (Å²) in [6.07, 6.45) is -0.729. The van der Waals surface area contributed by atoms with Gasteiger partial charge in [-0.15, -0.1) is 0 Å². The van der Waals surface area contributed by atoms with E-state index in [1.165, 1.54) is 12.1 Å². The van der Waals surface area contributed by atoms with Crippen molar-refractivity contribution in [2.45, 2.75) is 6.17 Å². The van der Waals surface area contributed by atoms with Gasteiger partial charge in [-0.1, -0.05) is 12.1 Å². The predicted octanol–water partition coefficient (Wildman–Crippen LogP) is 2.18. The van der Waals surface area contributed by atoms with Gasteiger partial charge in [-0.25, -0.2) is 0 Å². The van der Waals surface area contributed by atoms with Crippen molar-refractivity contribution in [1.82, 2.24) is 5.32 Å². The smallest absolute Gasteiger partial charge is 0.280 e. The number of para-hydroxylation sites is 1. The predicted molar refractivity (Wildman–Crippen MR) is 79.5 cm³/mol. The maximum Gasteiger partial charge on any atom is 0.280 e. The van der Waals surface area contributed by atoms with Gasteiger partial charge in [0.1, 0.15) is 6.17 Å². The first-order valence-corrected chi connectivity index (χ1v) is 6.88. The van der Waals surface area contributed by atoms with Gasteiger partial charge in [0.15, 0.2) is 11.5 Å². The molecule has 0 fully saturated rings. The van der Waals surface area contributed by atoms with Crippen molar-refractivity contribution >= 4 is 17.3 Å². The van der Waals surface area contributed by atoms with Crippen LogP contribution in [0.1, 0.15) is 22.1 Å². The third-order valence-corrected chi connectivity index (χ3v) is 3.78. The molecule has 4 rings (SSSR count). The van der Waals surface area contributed by atoms with Gasteiger partial charge in [-0.2, -0.15) is 0 Å². The molecule has 0 radical (unpaired) electrons. The van der Waals surface area contributed by atoms with Crippen LogP contribution < -0.4 is 20.1 Å². The molecule has 1 amide bonds. The summed E-state index contributed by atoms with van der Waals surface area (Å²) in [5.41, 5.74) is 1.27. The third-order valence-electron chi connectivity index (χ3n) is 3.78. The van der Waals surface area contributed by atoms with Crippen molar-refractivity contribution in [1.29, 1.82) is 0 Å². The molecule has 2 aromatic carbocycles. The Kier molecular flexibility index (Phi) is 2.83. The molecule has 23 heavy (non-hydrogen) atoms. The monoisotopic (exact) mass is 313 g/mol. The van der Waals surface area contributed by atoms with E-state index in [1.54, 1.807) is 24.3 Å². The van der Waals surface area contributed by atoms with Gasteiger partial charge in [-0.05, 0) is 18.2 Å². The van der Waals surface area contributed by atoms with E-state index >= 15 is 0 Å². The Bertz CT molecular complexity index is 836. The van der Waals surface area contributed by atoms with E-state index < -0.39 is 11.1 Å².